The highest BCUT2D eigenvalue weighted by Gasteiger charge is 2.33. The van der Waals surface area contributed by atoms with Crippen LogP contribution in [0.2, 0.25) is 0 Å². The van der Waals surface area contributed by atoms with E-state index in [0.29, 0.717) is 35.2 Å². The minimum atomic E-state index is -4.75. The first-order valence-electron chi connectivity index (χ1n) is 14.2. The van der Waals surface area contributed by atoms with Crippen molar-refractivity contribution >= 4 is 40.2 Å². The third kappa shape index (κ3) is 7.90. The van der Waals surface area contributed by atoms with Gasteiger partial charge in [0.05, 0.1) is 17.1 Å². The van der Waals surface area contributed by atoms with Crippen molar-refractivity contribution in [3.63, 3.8) is 0 Å². The predicted octanol–water partition coefficient (Wildman–Crippen LogP) is 7.36. The van der Waals surface area contributed by atoms with Crippen LogP contribution in [0.5, 0.6) is 5.75 Å². The molecule has 3 amide bonds. The van der Waals surface area contributed by atoms with Crippen molar-refractivity contribution < 1.29 is 27.5 Å². The molecule has 1 aliphatic rings. The molecule has 5 rings (SSSR count). The molecule has 1 N–H and O–H groups in total. The Hall–Kier alpha value is -4.65. The van der Waals surface area contributed by atoms with Gasteiger partial charge in [-0.3, -0.25) is 9.69 Å². The van der Waals surface area contributed by atoms with Crippen molar-refractivity contribution in [1.29, 1.82) is 0 Å². The molecule has 0 bridgehead atoms. The Labute approximate surface area is 262 Å². The largest absolute Gasteiger partial charge is 0.573 e. The molecule has 0 unspecified atom stereocenters. The Morgan fingerprint density at radius 3 is 2.51 bits per heavy atom. The van der Waals surface area contributed by atoms with Crippen molar-refractivity contribution in [1.82, 2.24) is 14.8 Å². The van der Waals surface area contributed by atoms with Gasteiger partial charge in [-0.15, -0.1) is 13.2 Å². The summed E-state index contributed by atoms with van der Waals surface area (Å²) in [4.78, 5) is 35.8. The van der Waals surface area contributed by atoms with Crippen LogP contribution in [-0.2, 0) is 17.6 Å². The second kappa shape index (κ2) is 13.1. The number of nitrogens with one attached hydrogen (secondary N) is 1. The first-order valence-corrected chi connectivity index (χ1v) is 15.2. The molecule has 3 aromatic carbocycles. The van der Waals surface area contributed by atoms with Crippen LogP contribution in [0.25, 0.3) is 5.69 Å². The van der Waals surface area contributed by atoms with Gasteiger partial charge in [-0.2, -0.15) is 10.1 Å². The van der Waals surface area contributed by atoms with Crippen LogP contribution in [-0.4, -0.2) is 44.0 Å². The molecule has 0 radical (unpaired) electrons. The Bertz CT molecular complexity index is 1750. The van der Waals surface area contributed by atoms with E-state index in [1.54, 1.807) is 6.07 Å². The Balaban J connectivity index is 1.21. The Morgan fingerprint density at radius 1 is 1.07 bits per heavy atom. The highest BCUT2D eigenvalue weighted by atomic mass is 32.2. The number of carbonyl (C=O) groups excluding carboxylic acids is 2. The van der Waals surface area contributed by atoms with Crippen molar-refractivity contribution in [2.24, 2.45) is 4.99 Å². The van der Waals surface area contributed by atoms with E-state index in [4.69, 9.17) is 0 Å². The third-order valence-electron chi connectivity index (χ3n) is 7.10. The Kier molecular flexibility index (Phi) is 9.28. The summed E-state index contributed by atoms with van der Waals surface area (Å²) < 4.78 is 42.6. The van der Waals surface area contributed by atoms with Gasteiger partial charge in [0, 0.05) is 12.1 Å². The van der Waals surface area contributed by atoms with E-state index in [9.17, 15) is 22.8 Å². The van der Waals surface area contributed by atoms with Crippen molar-refractivity contribution in [2.45, 2.75) is 52.8 Å². The van der Waals surface area contributed by atoms with E-state index >= 15 is 0 Å². The SMILES string of the molecule is Cc1ccc(C(C)C)c(N2C(=O)CS/C2=N\C(=O)Nc2ccc(CCc3ncn(-c4ccc(OC(F)(F)F)cc4)n3)c(C)c2)c1. The molecule has 0 atom stereocenters. The van der Waals surface area contributed by atoms with E-state index in [2.05, 4.69) is 39.0 Å². The van der Waals surface area contributed by atoms with Gasteiger partial charge in [0.1, 0.15) is 12.1 Å². The molecule has 13 heteroatoms. The zero-order valence-electron chi connectivity index (χ0n) is 25.1. The number of alkyl halides is 3. The topological polar surface area (TPSA) is 102 Å². The number of hydrogen-bond donors (Lipinski definition) is 1. The molecule has 9 nitrogen and oxygen atoms in total. The van der Waals surface area contributed by atoms with Crippen LogP contribution in [0.4, 0.5) is 29.3 Å². The summed E-state index contributed by atoms with van der Waals surface area (Å²) in [6.45, 7) is 8.02. The zero-order valence-corrected chi connectivity index (χ0v) is 25.9. The minimum absolute atomic E-state index is 0.119. The van der Waals surface area contributed by atoms with E-state index < -0.39 is 12.4 Å². The number of amides is 3. The number of aromatic nitrogens is 3. The highest BCUT2D eigenvalue weighted by Crippen LogP contribution is 2.34. The number of nitrogens with zero attached hydrogens (tertiary/aromatic N) is 5. The number of urea groups is 1. The second-order valence-corrected chi connectivity index (χ2v) is 11.8. The van der Waals surface area contributed by atoms with E-state index in [1.165, 1.54) is 51.9 Å². The van der Waals surface area contributed by atoms with Crippen LogP contribution >= 0.6 is 11.8 Å². The number of halogens is 3. The standard InChI is InChI=1S/C32H31F3N6O3S/c1-19(2)26-13-5-20(3)15-27(26)41-29(42)17-45-31(41)38-30(43)37-23-8-6-22(21(4)16-23)7-14-28-36-18-40(39-28)24-9-11-25(12-10-24)44-32(33,34)35/h5-6,8-13,15-16,18-19H,7,14,17H2,1-4H3,(H,37,43)/b38-31-. The van der Waals surface area contributed by atoms with Crippen LogP contribution in [0.1, 0.15) is 47.8 Å². The fraction of sp³-hybridized carbons (Fsp3) is 0.281. The molecule has 0 saturated carbocycles. The third-order valence-corrected chi connectivity index (χ3v) is 8.02. The van der Waals surface area contributed by atoms with Gasteiger partial charge in [0.25, 0.3) is 0 Å². The van der Waals surface area contributed by atoms with E-state index in [0.717, 1.165) is 27.9 Å². The first kappa shape index (κ1) is 31.8. The van der Waals surface area contributed by atoms with Crippen LogP contribution < -0.4 is 15.0 Å². The number of rotatable bonds is 8. The number of anilines is 2. The lowest BCUT2D eigenvalue weighted by molar-refractivity contribution is -0.274. The molecular weight excluding hydrogens is 605 g/mol. The smallest absolute Gasteiger partial charge is 0.406 e. The van der Waals surface area contributed by atoms with Crippen LogP contribution in [0.15, 0.2) is 72.0 Å². The molecule has 0 aliphatic carbocycles. The monoisotopic (exact) mass is 636 g/mol. The van der Waals surface area contributed by atoms with Gasteiger partial charge in [0.2, 0.25) is 5.91 Å². The van der Waals surface area contributed by atoms with Crippen molar-refractivity contribution in [3.05, 3.63) is 95.1 Å². The average Bonchev–Trinajstić information content (AvgIpc) is 3.58. The molecule has 234 valence electrons. The zero-order chi connectivity index (χ0) is 32.3. The Morgan fingerprint density at radius 2 is 1.82 bits per heavy atom. The minimum Gasteiger partial charge on any atom is -0.406 e. The average molecular weight is 637 g/mol. The second-order valence-electron chi connectivity index (χ2n) is 10.8. The summed E-state index contributed by atoms with van der Waals surface area (Å²) in [5, 5.41) is 7.58. The number of amidine groups is 1. The number of aliphatic imine (C=N–C) groups is 1. The molecule has 4 aromatic rings. The molecule has 1 fully saturated rings. The van der Waals surface area contributed by atoms with Crippen LogP contribution in [0, 0.1) is 13.8 Å². The summed E-state index contributed by atoms with van der Waals surface area (Å²) >= 11 is 1.24. The highest BCUT2D eigenvalue weighted by molar-refractivity contribution is 8.15. The number of thioether (sulfide) groups is 1. The molecule has 0 spiro atoms. The maximum absolute atomic E-state index is 12.9. The van der Waals surface area contributed by atoms with E-state index in [1.807, 2.05) is 44.2 Å². The molecule has 1 aliphatic heterocycles. The fourth-order valence-electron chi connectivity index (χ4n) is 4.89. The maximum Gasteiger partial charge on any atom is 0.573 e. The van der Waals surface area contributed by atoms with Crippen molar-refractivity contribution in [3.8, 4) is 11.4 Å². The maximum atomic E-state index is 12.9. The quantitative estimate of drug-likeness (QED) is 0.217. The van der Waals surface area contributed by atoms with Gasteiger partial charge in [-0.05, 0) is 90.9 Å². The lowest BCUT2D eigenvalue weighted by Crippen LogP contribution is -2.31. The normalized spacial score (nSPS) is 14.4. The number of hydrogen-bond acceptors (Lipinski definition) is 6. The summed E-state index contributed by atoms with van der Waals surface area (Å²) in [6, 6.07) is 16.3. The molecule has 45 heavy (non-hydrogen) atoms. The number of benzene rings is 3. The number of aryl methyl sites for hydroxylation is 4. The molecule has 2 heterocycles. The summed E-state index contributed by atoms with van der Waals surface area (Å²) in [7, 11) is 0. The van der Waals surface area contributed by atoms with Gasteiger partial charge in [-0.25, -0.2) is 14.5 Å². The molecular formula is C32H31F3N6O3S. The van der Waals surface area contributed by atoms with Crippen molar-refractivity contribution in [2.75, 3.05) is 16.0 Å². The predicted molar refractivity (Wildman–Crippen MR) is 168 cm³/mol. The van der Waals surface area contributed by atoms with Gasteiger partial charge >= 0.3 is 12.4 Å². The molecule has 1 aromatic heterocycles. The lowest BCUT2D eigenvalue weighted by atomic mass is 9.99. The summed E-state index contributed by atoms with van der Waals surface area (Å²) in [5.74, 6) is 0.533. The summed E-state index contributed by atoms with van der Waals surface area (Å²) in [6.07, 6.45) is -2.09. The van der Waals surface area contributed by atoms with Gasteiger partial charge in [-0.1, -0.05) is 43.8 Å². The van der Waals surface area contributed by atoms with E-state index in [-0.39, 0.29) is 23.3 Å². The lowest BCUT2D eigenvalue weighted by Gasteiger charge is -2.22. The number of ether oxygens (including phenoxy) is 1. The van der Waals surface area contributed by atoms with Crippen LogP contribution in [0.3, 0.4) is 0 Å². The van der Waals surface area contributed by atoms with Gasteiger partial charge < -0.3 is 10.1 Å². The summed E-state index contributed by atoms with van der Waals surface area (Å²) in [5.41, 5.74) is 5.87. The number of carbonyl (C=O) groups is 2. The fourth-order valence-corrected chi connectivity index (χ4v) is 5.75. The van der Waals surface area contributed by atoms with Gasteiger partial charge in [0.15, 0.2) is 11.0 Å². The molecule has 1 saturated heterocycles. The first-order chi connectivity index (χ1) is 21.4.